The SMILES string of the molecule is Cc1ccc(NC(=O)Cn2ncc(I)cc2=O)cc1. The second kappa shape index (κ2) is 5.96. The van der Waals surface area contributed by atoms with Crippen molar-refractivity contribution in [2.75, 3.05) is 5.32 Å². The van der Waals surface area contributed by atoms with Gasteiger partial charge in [-0.25, -0.2) is 4.68 Å². The average Bonchev–Trinajstić information content (AvgIpc) is 2.36. The van der Waals surface area contributed by atoms with Crippen LogP contribution in [0.1, 0.15) is 5.56 Å². The lowest BCUT2D eigenvalue weighted by atomic mass is 10.2. The van der Waals surface area contributed by atoms with Gasteiger partial charge < -0.3 is 5.32 Å². The fourth-order valence-electron chi connectivity index (χ4n) is 1.50. The molecule has 6 heteroatoms. The number of aryl methyl sites for hydroxylation is 1. The third kappa shape index (κ3) is 3.88. The number of amides is 1. The molecule has 0 aliphatic heterocycles. The highest BCUT2D eigenvalue weighted by atomic mass is 127. The molecule has 98 valence electrons. The van der Waals surface area contributed by atoms with Crippen molar-refractivity contribution in [1.29, 1.82) is 0 Å². The van der Waals surface area contributed by atoms with Crippen LogP contribution in [-0.2, 0) is 11.3 Å². The summed E-state index contributed by atoms with van der Waals surface area (Å²) < 4.78 is 1.88. The number of benzene rings is 1. The molecule has 0 bridgehead atoms. The maximum Gasteiger partial charge on any atom is 0.268 e. The molecular weight excluding hydrogens is 357 g/mol. The Hall–Kier alpha value is -1.70. The standard InChI is InChI=1S/C13H12IN3O2/c1-9-2-4-11(5-3-9)16-12(18)8-17-13(19)6-10(14)7-15-17/h2-7H,8H2,1H3,(H,16,18). The van der Waals surface area contributed by atoms with Crippen LogP contribution in [0.2, 0.25) is 0 Å². The highest BCUT2D eigenvalue weighted by molar-refractivity contribution is 14.1. The van der Waals surface area contributed by atoms with Crippen molar-refractivity contribution < 1.29 is 4.79 Å². The molecule has 1 aromatic heterocycles. The first-order valence-corrected chi connectivity index (χ1v) is 6.71. The minimum Gasteiger partial charge on any atom is -0.324 e. The van der Waals surface area contributed by atoms with E-state index in [1.54, 1.807) is 6.20 Å². The van der Waals surface area contributed by atoms with Crippen molar-refractivity contribution in [1.82, 2.24) is 9.78 Å². The van der Waals surface area contributed by atoms with Crippen LogP contribution in [0.4, 0.5) is 5.69 Å². The van der Waals surface area contributed by atoms with Crippen molar-refractivity contribution in [2.45, 2.75) is 13.5 Å². The Kier molecular flexibility index (Phi) is 4.31. The van der Waals surface area contributed by atoms with E-state index in [4.69, 9.17) is 0 Å². The molecule has 0 aliphatic rings. The third-order valence-corrected chi connectivity index (χ3v) is 3.05. The van der Waals surface area contributed by atoms with Gasteiger partial charge in [0.1, 0.15) is 6.54 Å². The number of rotatable bonds is 3. The Morgan fingerprint density at radius 1 is 1.37 bits per heavy atom. The van der Waals surface area contributed by atoms with Gasteiger partial charge in [-0.1, -0.05) is 17.7 Å². The maximum absolute atomic E-state index is 11.8. The smallest absolute Gasteiger partial charge is 0.268 e. The molecule has 0 saturated carbocycles. The van der Waals surface area contributed by atoms with E-state index in [-0.39, 0.29) is 18.0 Å². The van der Waals surface area contributed by atoms with Crippen molar-refractivity contribution in [3.63, 3.8) is 0 Å². The molecule has 19 heavy (non-hydrogen) atoms. The zero-order valence-electron chi connectivity index (χ0n) is 10.3. The average molecular weight is 369 g/mol. The number of halogens is 1. The monoisotopic (exact) mass is 369 g/mol. The van der Waals surface area contributed by atoms with Crippen LogP contribution in [-0.4, -0.2) is 15.7 Å². The molecule has 5 nitrogen and oxygen atoms in total. The van der Waals surface area contributed by atoms with Crippen molar-refractivity contribution in [3.05, 3.63) is 56.0 Å². The first kappa shape index (κ1) is 13.7. The van der Waals surface area contributed by atoms with Crippen LogP contribution < -0.4 is 10.9 Å². The zero-order valence-corrected chi connectivity index (χ0v) is 12.4. The molecule has 0 fully saturated rings. The molecule has 2 rings (SSSR count). The molecule has 1 aromatic carbocycles. The Morgan fingerprint density at radius 2 is 2.05 bits per heavy atom. The summed E-state index contributed by atoms with van der Waals surface area (Å²) in [5.74, 6) is -0.278. The number of anilines is 1. The number of hydrogen-bond acceptors (Lipinski definition) is 3. The molecule has 0 unspecified atom stereocenters. The molecule has 0 spiro atoms. The van der Waals surface area contributed by atoms with Gasteiger partial charge in [-0.15, -0.1) is 0 Å². The molecule has 0 radical (unpaired) electrons. The van der Waals surface area contributed by atoms with E-state index in [1.807, 2.05) is 53.8 Å². The second-order valence-electron chi connectivity index (χ2n) is 4.08. The van der Waals surface area contributed by atoms with Crippen molar-refractivity contribution in [3.8, 4) is 0 Å². The summed E-state index contributed by atoms with van der Waals surface area (Å²) in [7, 11) is 0. The van der Waals surface area contributed by atoms with Gasteiger partial charge in [-0.05, 0) is 41.6 Å². The molecular formula is C13H12IN3O2. The van der Waals surface area contributed by atoms with E-state index in [2.05, 4.69) is 10.4 Å². The van der Waals surface area contributed by atoms with Gasteiger partial charge in [0.25, 0.3) is 5.56 Å². The van der Waals surface area contributed by atoms with E-state index in [1.165, 1.54) is 6.07 Å². The Bertz CT molecular complexity index is 650. The maximum atomic E-state index is 11.8. The van der Waals surface area contributed by atoms with E-state index in [0.717, 1.165) is 13.8 Å². The summed E-state index contributed by atoms with van der Waals surface area (Å²) in [6, 6.07) is 8.89. The number of nitrogens with one attached hydrogen (secondary N) is 1. The van der Waals surface area contributed by atoms with E-state index >= 15 is 0 Å². The summed E-state index contributed by atoms with van der Waals surface area (Å²) in [6.07, 6.45) is 1.54. The Labute approximate surface area is 123 Å². The van der Waals surface area contributed by atoms with Gasteiger partial charge in [-0.2, -0.15) is 5.10 Å². The lowest BCUT2D eigenvalue weighted by Gasteiger charge is -2.06. The second-order valence-corrected chi connectivity index (χ2v) is 5.33. The number of carbonyl (C=O) groups excluding carboxylic acids is 1. The molecule has 2 aromatic rings. The summed E-state index contributed by atoms with van der Waals surface area (Å²) in [6.45, 7) is 1.88. The third-order valence-electron chi connectivity index (χ3n) is 2.46. The highest BCUT2D eigenvalue weighted by Gasteiger charge is 2.06. The van der Waals surface area contributed by atoms with Crippen molar-refractivity contribution in [2.24, 2.45) is 0 Å². The lowest BCUT2D eigenvalue weighted by molar-refractivity contribution is -0.117. The number of nitrogens with zero attached hydrogens (tertiary/aromatic N) is 2. The largest absolute Gasteiger partial charge is 0.324 e. The first-order valence-electron chi connectivity index (χ1n) is 5.64. The molecule has 1 heterocycles. The molecule has 1 N–H and O–H groups in total. The van der Waals surface area contributed by atoms with Gasteiger partial charge in [-0.3, -0.25) is 9.59 Å². The van der Waals surface area contributed by atoms with Gasteiger partial charge in [0.2, 0.25) is 5.91 Å². The predicted molar refractivity (Wildman–Crippen MR) is 81.0 cm³/mol. The van der Waals surface area contributed by atoms with Gasteiger partial charge in [0.05, 0.1) is 6.20 Å². The first-order chi connectivity index (χ1) is 9.04. The summed E-state index contributed by atoms with van der Waals surface area (Å²) in [4.78, 5) is 23.4. The molecule has 0 saturated heterocycles. The summed E-state index contributed by atoms with van der Waals surface area (Å²) in [5, 5.41) is 6.63. The number of aromatic nitrogens is 2. The van der Waals surface area contributed by atoms with E-state index < -0.39 is 0 Å². The summed E-state index contributed by atoms with van der Waals surface area (Å²) in [5.41, 5.74) is 1.54. The lowest BCUT2D eigenvalue weighted by Crippen LogP contribution is -2.29. The molecule has 0 aliphatic carbocycles. The topological polar surface area (TPSA) is 64.0 Å². The zero-order chi connectivity index (χ0) is 13.8. The van der Waals surface area contributed by atoms with E-state index in [9.17, 15) is 9.59 Å². The van der Waals surface area contributed by atoms with Crippen LogP contribution in [0.25, 0.3) is 0 Å². The Morgan fingerprint density at radius 3 is 2.68 bits per heavy atom. The normalized spacial score (nSPS) is 10.2. The van der Waals surface area contributed by atoms with Crippen LogP contribution in [0, 0.1) is 10.5 Å². The number of hydrogen-bond donors (Lipinski definition) is 1. The van der Waals surface area contributed by atoms with Gasteiger partial charge in [0.15, 0.2) is 0 Å². The number of carbonyl (C=O) groups is 1. The van der Waals surface area contributed by atoms with Crippen LogP contribution >= 0.6 is 22.6 Å². The molecule has 1 amide bonds. The van der Waals surface area contributed by atoms with Crippen LogP contribution in [0.5, 0.6) is 0 Å². The van der Waals surface area contributed by atoms with Crippen LogP contribution in [0.3, 0.4) is 0 Å². The van der Waals surface area contributed by atoms with Crippen molar-refractivity contribution >= 4 is 34.2 Å². The van der Waals surface area contributed by atoms with E-state index in [0.29, 0.717) is 5.69 Å². The van der Waals surface area contributed by atoms with Crippen LogP contribution in [0.15, 0.2) is 41.3 Å². The minimum absolute atomic E-state index is 0.0936. The fraction of sp³-hybridized carbons (Fsp3) is 0.154. The quantitative estimate of drug-likeness (QED) is 0.840. The Balaban J connectivity index is 2.05. The highest BCUT2D eigenvalue weighted by Crippen LogP contribution is 2.08. The molecule has 0 atom stereocenters. The minimum atomic E-state index is -0.286. The van der Waals surface area contributed by atoms with Gasteiger partial charge >= 0.3 is 0 Å². The van der Waals surface area contributed by atoms with Gasteiger partial charge in [0, 0.05) is 15.3 Å². The summed E-state index contributed by atoms with van der Waals surface area (Å²) >= 11 is 2.00. The predicted octanol–water partition coefficient (Wildman–Crippen LogP) is 1.80. The fourth-order valence-corrected chi connectivity index (χ4v) is 1.89.